The number of halogens is 1. The predicted molar refractivity (Wildman–Crippen MR) is 109 cm³/mol. The monoisotopic (exact) mass is 377 g/mol. The van der Waals surface area contributed by atoms with E-state index in [2.05, 4.69) is 15.6 Å². The molecule has 0 aliphatic carbocycles. The van der Waals surface area contributed by atoms with E-state index in [9.17, 15) is 9.18 Å². The highest BCUT2D eigenvalue weighted by molar-refractivity contribution is 5.86. The average molecular weight is 378 g/mol. The molecule has 1 amide bonds. The zero-order chi connectivity index (χ0) is 19.6. The minimum atomic E-state index is -0.228. The van der Waals surface area contributed by atoms with Gasteiger partial charge in [-0.1, -0.05) is 6.07 Å². The first kappa shape index (κ1) is 21.0. The van der Waals surface area contributed by atoms with Crippen molar-refractivity contribution < 1.29 is 9.18 Å². The summed E-state index contributed by atoms with van der Waals surface area (Å²) in [5.74, 6) is 0.430. The van der Waals surface area contributed by atoms with Gasteiger partial charge in [-0.2, -0.15) is 0 Å². The first-order valence-corrected chi connectivity index (χ1v) is 9.92. The molecule has 1 fully saturated rings. The molecule has 7 heteroatoms. The van der Waals surface area contributed by atoms with Crippen molar-refractivity contribution in [3.8, 4) is 0 Å². The molecule has 0 unspecified atom stereocenters. The van der Waals surface area contributed by atoms with Crippen molar-refractivity contribution in [3.63, 3.8) is 0 Å². The van der Waals surface area contributed by atoms with Gasteiger partial charge >= 0.3 is 0 Å². The zero-order valence-electron chi connectivity index (χ0n) is 16.7. The molecule has 27 heavy (non-hydrogen) atoms. The first-order chi connectivity index (χ1) is 13.1. The molecule has 1 aliphatic heterocycles. The molecule has 2 N–H and O–H groups in total. The maximum atomic E-state index is 14.4. The second-order valence-electron chi connectivity index (χ2n) is 6.59. The number of aliphatic imine (C=N–C) groups is 1. The molecule has 1 aromatic rings. The molecule has 0 saturated carbocycles. The summed E-state index contributed by atoms with van der Waals surface area (Å²) < 4.78 is 14.4. The summed E-state index contributed by atoms with van der Waals surface area (Å²) in [4.78, 5) is 20.5. The van der Waals surface area contributed by atoms with Crippen LogP contribution in [0.4, 0.5) is 10.1 Å². The lowest BCUT2D eigenvalue weighted by atomic mass is 10.2. The second-order valence-corrected chi connectivity index (χ2v) is 6.59. The molecule has 6 nitrogen and oxygen atoms in total. The van der Waals surface area contributed by atoms with Gasteiger partial charge in [-0.3, -0.25) is 4.79 Å². The lowest BCUT2D eigenvalue weighted by molar-refractivity contribution is -0.128. The quantitative estimate of drug-likeness (QED) is 0.539. The number of likely N-dealkylation sites (tertiary alicyclic amines) is 1. The third kappa shape index (κ3) is 6.12. The van der Waals surface area contributed by atoms with Crippen molar-refractivity contribution in [2.45, 2.75) is 40.2 Å². The summed E-state index contributed by atoms with van der Waals surface area (Å²) in [6, 6.07) is 5.25. The highest BCUT2D eigenvalue weighted by Gasteiger charge is 2.17. The van der Waals surface area contributed by atoms with Crippen molar-refractivity contribution >= 4 is 17.6 Å². The number of anilines is 1. The Labute approximate surface area is 161 Å². The highest BCUT2D eigenvalue weighted by atomic mass is 19.1. The van der Waals surface area contributed by atoms with E-state index < -0.39 is 0 Å². The molecular formula is C20H32FN5O. The number of carbonyl (C=O) groups excluding carboxylic acids is 1. The molecule has 1 aromatic carbocycles. The van der Waals surface area contributed by atoms with E-state index in [-0.39, 0.29) is 18.3 Å². The van der Waals surface area contributed by atoms with Crippen LogP contribution in [0, 0.1) is 5.82 Å². The number of amides is 1. The van der Waals surface area contributed by atoms with Crippen molar-refractivity contribution in [2.75, 3.05) is 44.2 Å². The van der Waals surface area contributed by atoms with E-state index in [1.807, 2.05) is 42.7 Å². The van der Waals surface area contributed by atoms with E-state index in [4.69, 9.17) is 0 Å². The number of rotatable bonds is 8. The maximum Gasteiger partial charge on any atom is 0.241 e. The van der Waals surface area contributed by atoms with Gasteiger partial charge in [-0.05, 0) is 51.3 Å². The number of benzene rings is 1. The first-order valence-electron chi connectivity index (χ1n) is 9.92. The Bertz CT molecular complexity index is 639. The van der Waals surface area contributed by atoms with Crippen molar-refractivity contribution in [3.05, 3.63) is 29.6 Å². The Morgan fingerprint density at radius 2 is 1.89 bits per heavy atom. The van der Waals surface area contributed by atoms with Gasteiger partial charge in [-0.15, -0.1) is 0 Å². The van der Waals surface area contributed by atoms with Gasteiger partial charge in [0, 0.05) is 32.7 Å². The van der Waals surface area contributed by atoms with Gasteiger partial charge in [0.25, 0.3) is 0 Å². The van der Waals surface area contributed by atoms with Crippen LogP contribution in [0.1, 0.15) is 39.2 Å². The standard InChI is InChI=1S/C20H32FN5O/c1-4-22-20(24-15-19(27)26-11-7-8-12-26)23-14-16-9-10-18(17(21)13-16)25(5-2)6-3/h9-10,13H,4-8,11-12,14-15H2,1-3H3,(H2,22,23,24). The van der Waals surface area contributed by atoms with Crippen LogP contribution in [0.25, 0.3) is 0 Å². The SMILES string of the molecule is CCNC(=NCc1ccc(N(CC)CC)c(F)c1)NCC(=O)N1CCCC1. The summed E-state index contributed by atoms with van der Waals surface area (Å²) in [6.07, 6.45) is 2.16. The third-order valence-electron chi connectivity index (χ3n) is 4.75. The Morgan fingerprint density at radius 3 is 2.48 bits per heavy atom. The fraction of sp³-hybridized carbons (Fsp3) is 0.600. The predicted octanol–water partition coefficient (Wildman–Crippen LogP) is 2.35. The van der Waals surface area contributed by atoms with E-state index >= 15 is 0 Å². The van der Waals surface area contributed by atoms with Crippen LogP contribution >= 0.6 is 0 Å². The summed E-state index contributed by atoms with van der Waals surface area (Å²) in [5.41, 5.74) is 1.42. The van der Waals surface area contributed by atoms with E-state index in [1.165, 1.54) is 6.07 Å². The van der Waals surface area contributed by atoms with Crippen LogP contribution in [0.3, 0.4) is 0 Å². The number of hydrogen-bond donors (Lipinski definition) is 2. The van der Waals surface area contributed by atoms with Crippen molar-refractivity contribution in [1.29, 1.82) is 0 Å². The Hall–Kier alpha value is -2.31. The van der Waals surface area contributed by atoms with Gasteiger partial charge in [0.1, 0.15) is 5.82 Å². The molecule has 1 heterocycles. The molecule has 1 aliphatic rings. The smallest absolute Gasteiger partial charge is 0.241 e. The molecule has 150 valence electrons. The zero-order valence-corrected chi connectivity index (χ0v) is 16.7. The molecule has 0 atom stereocenters. The second kappa shape index (κ2) is 10.7. The van der Waals surface area contributed by atoms with E-state index in [1.54, 1.807) is 0 Å². The number of hydrogen-bond acceptors (Lipinski definition) is 3. The molecule has 1 saturated heterocycles. The summed E-state index contributed by atoms with van der Waals surface area (Å²) in [6.45, 7) is 10.5. The molecule has 0 spiro atoms. The number of guanidine groups is 1. The summed E-state index contributed by atoms with van der Waals surface area (Å²) >= 11 is 0. The van der Waals surface area contributed by atoms with Crippen LogP contribution in [0.2, 0.25) is 0 Å². The minimum Gasteiger partial charge on any atom is -0.370 e. The van der Waals surface area contributed by atoms with Gasteiger partial charge < -0.3 is 20.4 Å². The molecule has 0 radical (unpaired) electrons. The largest absolute Gasteiger partial charge is 0.370 e. The van der Waals surface area contributed by atoms with Gasteiger partial charge in [0.2, 0.25) is 5.91 Å². The maximum absolute atomic E-state index is 14.4. The van der Waals surface area contributed by atoms with Gasteiger partial charge in [0.05, 0.1) is 18.8 Å². The lowest BCUT2D eigenvalue weighted by Crippen LogP contribution is -2.44. The van der Waals surface area contributed by atoms with Crippen LogP contribution < -0.4 is 15.5 Å². The van der Waals surface area contributed by atoms with Crippen molar-refractivity contribution in [1.82, 2.24) is 15.5 Å². The minimum absolute atomic E-state index is 0.0905. The highest BCUT2D eigenvalue weighted by Crippen LogP contribution is 2.20. The summed E-state index contributed by atoms with van der Waals surface area (Å²) in [7, 11) is 0. The van der Waals surface area contributed by atoms with Gasteiger partial charge in [0.15, 0.2) is 5.96 Å². The molecule has 2 rings (SSSR count). The van der Waals surface area contributed by atoms with Gasteiger partial charge in [-0.25, -0.2) is 9.38 Å². The Kier molecular flexibility index (Phi) is 8.36. The fourth-order valence-electron chi connectivity index (χ4n) is 3.22. The molecule has 0 aromatic heterocycles. The van der Waals surface area contributed by atoms with E-state index in [0.29, 0.717) is 24.7 Å². The molecular weight excluding hydrogens is 345 g/mol. The summed E-state index contributed by atoms with van der Waals surface area (Å²) in [5, 5.41) is 6.20. The molecule has 0 bridgehead atoms. The number of nitrogens with zero attached hydrogens (tertiary/aromatic N) is 3. The van der Waals surface area contributed by atoms with Crippen LogP contribution in [0.15, 0.2) is 23.2 Å². The Morgan fingerprint density at radius 1 is 1.19 bits per heavy atom. The normalized spacial score (nSPS) is 14.4. The number of nitrogens with one attached hydrogen (secondary N) is 2. The van der Waals surface area contributed by atoms with Crippen LogP contribution in [-0.4, -0.2) is 56.0 Å². The lowest BCUT2D eigenvalue weighted by Gasteiger charge is -2.21. The average Bonchev–Trinajstić information content (AvgIpc) is 3.21. The Balaban J connectivity index is 1.96. The number of carbonyl (C=O) groups is 1. The topological polar surface area (TPSA) is 60.0 Å². The van der Waals surface area contributed by atoms with Crippen molar-refractivity contribution in [2.24, 2.45) is 4.99 Å². The van der Waals surface area contributed by atoms with Crippen LogP contribution in [0.5, 0.6) is 0 Å². The van der Waals surface area contributed by atoms with Crippen LogP contribution in [-0.2, 0) is 11.3 Å². The fourth-order valence-corrected chi connectivity index (χ4v) is 3.22. The van der Waals surface area contributed by atoms with E-state index in [0.717, 1.165) is 44.6 Å². The third-order valence-corrected chi connectivity index (χ3v) is 4.75.